The number of carbonyl (C=O) groups is 1. The van der Waals surface area contributed by atoms with Crippen molar-refractivity contribution < 1.29 is 9.90 Å². The molecule has 0 aromatic heterocycles. The third kappa shape index (κ3) is 4.79. The number of nitrogens with zero attached hydrogens (tertiary/aromatic N) is 1. The fraction of sp³-hybridized carbons (Fsp3) is 0.500. The van der Waals surface area contributed by atoms with E-state index in [1.807, 2.05) is 38.2 Å². The van der Waals surface area contributed by atoms with Crippen LogP contribution in [0, 0.1) is 0 Å². The molecule has 1 unspecified atom stereocenters. The lowest BCUT2D eigenvalue weighted by Gasteiger charge is -2.18. The summed E-state index contributed by atoms with van der Waals surface area (Å²) in [7, 11) is 2.00. The van der Waals surface area contributed by atoms with E-state index in [9.17, 15) is 4.79 Å². The van der Waals surface area contributed by atoms with Gasteiger partial charge in [-0.3, -0.25) is 0 Å². The molecule has 5 heteroatoms. The van der Waals surface area contributed by atoms with Crippen LogP contribution in [0.3, 0.4) is 0 Å². The van der Waals surface area contributed by atoms with Gasteiger partial charge in [-0.05, 0) is 31.5 Å². The highest BCUT2D eigenvalue weighted by molar-refractivity contribution is 5.90. The first-order chi connectivity index (χ1) is 9.10. The van der Waals surface area contributed by atoms with E-state index in [1.165, 1.54) is 0 Å². The van der Waals surface area contributed by atoms with Crippen LogP contribution >= 0.6 is 0 Å². The highest BCUT2D eigenvalue weighted by Gasteiger charge is 2.09. The number of rotatable bonds is 6. The predicted molar refractivity (Wildman–Crippen MR) is 78.7 cm³/mol. The SMILES string of the molecule is CCC(CO)NC(=O)Nc1cccc(N(C)CC)c1. The maximum absolute atomic E-state index is 11.7. The van der Waals surface area contributed by atoms with Gasteiger partial charge in [-0.2, -0.15) is 0 Å². The molecular weight excluding hydrogens is 242 g/mol. The van der Waals surface area contributed by atoms with E-state index in [1.54, 1.807) is 0 Å². The summed E-state index contributed by atoms with van der Waals surface area (Å²) in [5.41, 5.74) is 1.79. The summed E-state index contributed by atoms with van der Waals surface area (Å²) in [6, 6.07) is 7.16. The zero-order chi connectivity index (χ0) is 14.3. The molecule has 0 heterocycles. The van der Waals surface area contributed by atoms with E-state index in [4.69, 9.17) is 5.11 Å². The fourth-order valence-corrected chi connectivity index (χ4v) is 1.63. The van der Waals surface area contributed by atoms with E-state index in [0.29, 0.717) is 6.42 Å². The molecule has 106 valence electrons. The number of aliphatic hydroxyl groups is 1. The number of aliphatic hydroxyl groups excluding tert-OH is 1. The normalized spacial score (nSPS) is 11.8. The molecule has 1 rings (SSSR count). The lowest BCUT2D eigenvalue weighted by Crippen LogP contribution is -2.39. The van der Waals surface area contributed by atoms with E-state index in [2.05, 4.69) is 22.5 Å². The highest BCUT2D eigenvalue weighted by Crippen LogP contribution is 2.18. The summed E-state index contributed by atoms with van der Waals surface area (Å²) in [5, 5.41) is 14.5. The van der Waals surface area contributed by atoms with Crippen molar-refractivity contribution in [3.63, 3.8) is 0 Å². The summed E-state index contributed by atoms with van der Waals surface area (Å²) in [6.07, 6.45) is 0.697. The lowest BCUT2D eigenvalue weighted by atomic mass is 10.2. The van der Waals surface area contributed by atoms with Gasteiger partial charge in [0.2, 0.25) is 0 Å². The second kappa shape index (κ2) is 7.63. The minimum atomic E-state index is -0.294. The summed E-state index contributed by atoms with van der Waals surface area (Å²) in [4.78, 5) is 13.8. The molecule has 1 atom stereocenters. The summed E-state index contributed by atoms with van der Waals surface area (Å²) in [6.45, 7) is 4.83. The third-order valence-electron chi connectivity index (χ3n) is 3.07. The molecule has 0 aliphatic heterocycles. The number of amides is 2. The molecule has 5 nitrogen and oxygen atoms in total. The molecule has 1 aromatic rings. The number of hydrogen-bond donors (Lipinski definition) is 3. The maximum Gasteiger partial charge on any atom is 0.319 e. The first kappa shape index (κ1) is 15.3. The first-order valence-corrected chi connectivity index (χ1v) is 6.60. The summed E-state index contributed by atoms with van der Waals surface area (Å²) < 4.78 is 0. The van der Waals surface area contributed by atoms with Crippen LogP contribution in [-0.2, 0) is 0 Å². The number of anilines is 2. The molecular formula is C14H23N3O2. The molecule has 0 bridgehead atoms. The quantitative estimate of drug-likeness (QED) is 0.737. The average Bonchev–Trinajstić information content (AvgIpc) is 2.44. The van der Waals surface area contributed by atoms with Crippen molar-refractivity contribution in [1.82, 2.24) is 5.32 Å². The van der Waals surface area contributed by atoms with Gasteiger partial charge in [-0.15, -0.1) is 0 Å². The largest absolute Gasteiger partial charge is 0.394 e. The molecule has 0 aliphatic carbocycles. The Morgan fingerprint density at radius 3 is 2.74 bits per heavy atom. The molecule has 0 radical (unpaired) electrons. The molecule has 0 fully saturated rings. The van der Waals surface area contributed by atoms with Crippen molar-refractivity contribution >= 4 is 17.4 Å². The van der Waals surface area contributed by atoms with Gasteiger partial charge >= 0.3 is 6.03 Å². The van der Waals surface area contributed by atoms with Gasteiger partial charge in [0.15, 0.2) is 0 Å². The van der Waals surface area contributed by atoms with E-state index >= 15 is 0 Å². The first-order valence-electron chi connectivity index (χ1n) is 6.60. The van der Waals surface area contributed by atoms with Gasteiger partial charge in [0, 0.05) is 25.0 Å². The van der Waals surface area contributed by atoms with Crippen molar-refractivity contribution in [2.45, 2.75) is 26.3 Å². The van der Waals surface area contributed by atoms with Gasteiger partial charge in [0.05, 0.1) is 12.6 Å². The molecule has 2 amide bonds. The fourth-order valence-electron chi connectivity index (χ4n) is 1.63. The molecule has 3 N–H and O–H groups in total. The Morgan fingerprint density at radius 2 is 2.16 bits per heavy atom. The highest BCUT2D eigenvalue weighted by atomic mass is 16.3. The van der Waals surface area contributed by atoms with Crippen LogP contribution in [-0.4, -0.2) is 37.4 Å². The Hall–Kier alpha value is -1.75. The average molecular weight is 265 g/mol. The van der Waals surface area contributed by atoms with Crippen molar-refractivity contribution in [1.29, 1.82) is 0 Å². The van der Waals surface area contributed by atoms with Crippen molar-refractivity contribution in [2.75, 3.05) is 30.4 Å². The van der Waals surface area contributed by atoms with Gasteiger partial charge < -0.3 is 20.6 Å². The van der Waals surface area contributed by atoms with Gasteiger partial charge in [-0.25, -0.2) is 4.79 Å². The smallest absolute Gasteiger partial charge is 0.319 e. The Labute approximate surface area is 114 Å². The third-order valence-corrected chi connectivity index (χ3v) is 3.07. The monoisotopic (exact) mass is 265 g/mol. The minimum Gasteiger partial charge on any atom is -0.394 e. The Bertz CT molecular complexity index is 405. The van der Waals surface area contributed by atoms with Crippen LogP contribution in [0.15, 0.2) is 24.3 Å². The van der Waals surface area contributed by atoms with Gasteiger partial charge in [0.1, 0.15) is 0 Å². The second-order valence-electron chi connectivity index (χ2n) is 4.45. The van der Waals surface area contributed by atoms with Crippen LogP contribution in [0.4, 0.5) is 16.2 Å². The van der Waals surface area contributed by atoms with Crippen molar-refractivity contribution in [3.05, 3.63) is 24.3 Å². The van der Waals surface area contributed by atoms with Crippen LogP contribution in [0.1, 0.15) is 20.3 Å². The maximum atomic E-state index is 11.7. The summed E-state index contributed by atoms with van der Waals surface area (Å²) in [5.74, 6) is 0. The summed E-state index contributed by atoms with van der Waals surface area (Å²) >= 11 is 0. The molecule has 0 saturated carbocycles. The van der Waals surface area contributed by atoms with Crippen LogP contribution in [0.25, 0.3) is 0 Å². The van der Waals surface area contributed by atoms with Crippen LogP contribution in [0.5, 0.6) is 0 Å². The van der Waals surface area contributed by atoms with E-state index in [-0.39, 0.29) is 18.7 Å². The number of carbonyl (C=O) groups excluding carboxylic acids is 1. The lowest BCUT2D eigenvalue weighted by molar-refractivity contribution is 0.222. The van der Waals surface area contributed by atoms with Crippen molar-refractivity contribution in [3.8, 4) is 0 Å². The van der Waals surface area contributed by atoms with Crippen LogP contribution in [0.2, 0.25) is 0 Å². The predicted octanol–water partition coefficient (Wildman–Crippen LogP) is 2.04. The molecule has 0 saturated heterocycles. The number of benzene rings is 1. The molecule has 0 spiro atoms. The Morgan fingerprint density at radius 1 is 1.42 bits per heavy atom. The zero-order valence-electron chi connectivity index (χ0n) is 11.8. The molecule has 19 heavy (non-hydrogen) atoms. The van der Waals surface area contributed by atoms with Gasteiger partial charge in [0.25, 0.3) is 0 Å². The standard InChI is InChI=1S/C14H23N3O2/c1-4-11(10-18)15-14(19)16-12-7-6-8-13(9-12)17(3)5-2/h6-9,11,18H,4-5,10H2,1-3H3,(H2,15,16,19). The Kier molecular flexibility index (Phi) is 6.15. The zero-order valence-corrected chi connectivity index (χ0v) is 11.8. The Balaban J connectivity index is 2.64. The van der Waals surface area contributed by atoms with Crippen LogP contribution < -0.4 is 15.5 Å². The minimum absolute atomic E-state index is 0.0530. The van der Waals surface area contributed by atoms with Crippen molar-refractivity contribution in [2.24, 2.45) is 0 Å². The number of nitrogens with one attached hydrogen (secondary N) is 2. The second-order valence-corrected chi connectivity index (χ2v) is 4.45. The molecule has 0 aliphatic rings. The number of urea groups is 1. The number of hydrogen-bond acceptors (Lipinski definition) is 3. The molecule has 1 aromatic carbocycles. The van der Waals surface area contributed by atoms with E-state index < -0.39 is 0 Å². The topological polar surface area (TPSA) is 64.6 Å². The van der Waals surface area contributed by atoms with E-state index in [0.717, 1.165) is 17.9 Å². The van der Waals surface area contributed by atoms with Gasteiger partial charge in [-0.1, -0.05) is 13.0 Å².